The van der Waals surface area contributed by atoms with Gasteiger partial charge in [-0.05, 0) is 201 Å². The molecular formula is C109H141ClN8O28. The minimum Gasteiger partial charge on any atom is -0.493 e. The van der Waals surface area contributed by atoms with Crippen molar-refractivity contribution in [2.45, 2.75) is 135 Å². The molecule has 19 unspecified atom stereocenters. The summed E-state index contributed by atoms with van der Waals surface area (Å²) in [7, 11) is 0. The van der Waals surface area contributed by atoms with Crippen LogP contribution in [0.15, 0.2) is 194 Å². The van der Waals surface area contributed by atoms with E-state index >= 15 is 0 Å². The van der Waals surface area contributed by atoms with Gasteiger partial charge in [-0.3, -0.25) is 0 Å². The Bertz CT molecular complexity index is 4990. The first-order chi connectivity index (χ1) is 71.4. The third-order valence-corrected chi connectivity index (χ3v) is 26.4. The first kappa shape index (κ1) is 105. The molecule has 8 aromatic rings. The van der Waals surface area contributed by atoms with Crippen LogP contribution >= 0.6 is 11.6 Å². The molecule has 22 rings (SSSR count). The van der Waals surface area contributed by atoms with Gasteiger partial charge in [-0.1, -0.05) is 0 Å². The number of benzene rings is 8. The van der Waals surface area contributed by atoms with Gasteiger partial charge >= 0.3 is 0 Å². The molecule has 14 fully saturated rings. The van der Waals surface area contributed by atoms with E-state index in [1.165, 1.54) is 0 Å². The highest BCUT2D eigenvalue weighted by atomic mass is 35.5. The maximum atomic E-state index is 11.0. The van der Waals surface area contributed by atoms with Crippen LogP contribution in [0.2, 0.25) is 0 Å². The van der Waals surface area contributed by atoms with Crippen LogP contribution in [0, 0.1) is 0 Å². The molecule has 8 aromatic carbocycles. The van der Waals surface area contributed by atoms with Crippen LogP contribution in [0.25, 0.3) is 0 Å². The van der Waals surface area contributed by atoms with E-state index in [9.17, 15) is 30.6 Å². The molecule has 0 aromatic heterocycles. The first-order valence-electron chi connectivity index (χ1n) is 51.5. The summed E-state index contributed by atoms with van der Waals surface area (Å²) in [5.74, 6) is 5.83. The van der Waals surface area contributed by atoms with Crippen molar-refractivity contribution in [1.82, 2.24) is 0 Å². The van der Waals surface area contributed by atoms with Gasteiger partial charge in [0.05, 0.1) is 209 Å². The second-order valence-corrected chi connectivity index (χ2v) is 40.0. The SMILES string of the molecule is CC(O)COc1ccc(N(CC2CO2)CC2CO2)cc1.OC(COc1ccc(N(CC(O)CCOc2ccc(N(CC3CO3)CC3CO3)cc2)CC2CO2)cc1)COc1ccc(N(CC2CO2)CC2CO2)cc1.OC(COc1ccc(N(CC(O)CCl)CC2CO2)cc1)COc1ccc(N(CC2CO2)CC2CO2)cc1.OC(COc1ccc(N(CC2CO2)CC2CO2)cc1)COc1ccc(N(CC2CO2)CC2CO2)cc1. The summed E-state index contributed by atoms with van der Waals surface area (Å²) in [5, 5.41) is 61.4. The van der Waals surface area contributed by atoms with Crippen LogP contribution in [-0.4, -0.2) is 409 Å². The third-order valence-electron chi connectivity index (χ3n) is 26.1. The minimum atomic E-state index is -0.803. The predicted octanol–water partition coefficient (Wildman–Crippen LogP) is 7.43. The number of ether oxygens (including phenoxy) is 22. The number of nitrogens with zero attached hydrogens (tertiary/aromatic N) is 8. The third kappa shape index (κ3) is 37.7. The van der Waals surface area contributed by atoms with Gasteiger partial charge in [-0.25, -0.2) is 0 Å². The molecule has 0 amide bonds. The highest BCUT2D eigenvalue weighted by molar-refractivity contribution is 6.18. The van der Waals surface area contributed by atoms with Crippen molar-refractivity contribution in [3.05, 3.63) is 194 Å². The zero-order chi connectivity index (χ0) is 99.9. The number of halogens is 1. The molecule has 146 heavy (non-hydrogen) atoms. The van der Waals surface area contributed by atoms with Crippen LogP contribution in [0.1, 0.15) is 13.3 Å². The Kier molecular flexibility index (Phi) is 37.2. The molecule has 6 N–H and O–H groups in total. The standard InChI is InChI=1S/C40H51N3O10.C27H35ClN2O7.C27H34N2O7.C15H21NO4/c44-31(13-14-46-33-7-1-29(2-8-33)42(17-37-24-50-37)18-38-25-51-38)15-41(16-36-23-49-36)28-3-9-34(10-4-28)47-21-32(45)22-48-35-11-5-30(6-12-35)43(19-39-26-52-39)20-40-27-53-40;28-9-21(31)10-29(11-25-16-35-25)19-1-5-23(6-2-19)33-14-22(32)15-34-24-7-3-20(4-8-24)30(12-26-17-36-26)13-27-18-37-27;30-21(13-31-22-5-1-19(2-6-22)28(9-24-15-33-24)10-25-16-34-25)14-32-23-7-3-20(4-8-23)29(11-26-17-35-26)12-27-18-36-27;1-11(17)8-18-13-4-2-12(3-5-13)16(6-14-9-19-14)7-15-10-20-15/h1-12,31-32,36-40,44-45H,13-27H2;1-8,21-22,25-27,31-32H,9-18H2;1-8,21,24-27,30H,9-18H2;2-5,11,14-15,17H,6-10H2,1H3. The van der Waals surface area contributed by atoms with Gasteiger partial charge in [-0.15, -0.1) is 11.6 Å². The largest absolute Gasteiger partial charge is 0.493 e. The maximum Gasteiger partial charge on any atom is 0.122 e. The number of aliphatic hydroxyl groups excluding tert-OH is 6. The summed E-state index contributed by atoms with van der Waals surface area (Å²) in [5.41, 5.74) is 8.63. The van der Waals surface area contributed by atoms with Gasteiger partial charge in [0.15, 0.2) is 0 Å². The van der Waals surface area contributed by atoms with Crippen molar-refractivity contribution in [3.63, 3.8) is 0 Å². The van der Waals surface area contributed by atoms with Crippen molar-refractivity contribution in [2.75, 3.05) is 295 Å². The van der Waals surface area contributed by atoms with Gasteiger partial charge in [-0.2, -0.15) is 0 Å². The quantitative estimate of drug-likeness (QED) is 0.0159. The smallest absolute Gasteiger partial charge is 0.122 e. The number of rotatable bonds is 66. The predicted molar refractivity (Wildman–Crippen MR) is 547 cm³/mol. The molecule has 0 bridgehead atoms. The van der Waals surface area contributed by atoms with Crippen LogP contribution in [-0.2, 0) is 66.3 Å². The number of alkyl halides is 1. The summed E-state index contributed by atoms with van der Waals surface area (Å²) in [6.07, 6.45) is 0.680. The van der Waals surface area contributed by atoms with E-state index in [1.54, 1.807) is 6.92 Å². The average molecular weight is 2050 g/mol. The molecule has 14 aliphatic rings. The van der Waals surface area contributed by atoms with Crippen molar-refractivity contribution in [2.24, 2.45) is 0 Å². The van der Waals surface area contributed by atoms with Gasteiger partial charge in [0.2, 0.25) is 0 Å². The zero-order valence-electron chi connectivity index (χ0n) is 82.9. The summed E-state index contributed by atoms with van der Waals surface area (Å²) in [6, 6.07) is 63.0. The lowest BCUT2D eigenvalue weighted by atomic mass is 10.2. The van der Waals surface area contributed by atoms with E-state index in [4.69, 9.17) is 116 Å². The van der Waals surface area contributed by atoms with Gasteiger partial charge < -0.3 is 174 Å². The topological polar surface area (TPSA) is 397 Å². The number of hydrogen-bond donors (Lipinski definition) is 6. The molecule has 0 radical (unpaired) electrons. The highest BCUT2D eigenvalue weighted by Gasteiger charge is 2.39. The molecule has 0 aliphatic carbocycles. The monoisotopic (exact) mass is 2040 g/mol. The Balaban J connectivity index is 0.000000129. The van der Waals surface area contributed by atoms with Crippen LogP contribution < -0.4 is 77.1 Å². The number of anilines is 8. The van der Waals surface area contributed by atoms with E-state index in [-0.39, 0.29) is 57.7 Å². The highest BCUT2D eigenvalue weighted by Crippen LogP contribution is 2.36. The zero-order valence-corrected chi connectivity index (χ0v) is 83.7. The molecule has 19 atom stereocenters. The van der Waals surface area contributed by atoms with Crippen LogP contribution in [0.5, 0.6) is 46.0 Å². The van der Waals surface area contributed by atoms with Crippen molar-refractivity contribution in [3.8, 4) is 46.0 Å². The lowest BCUT2D eigenvalue weighted by Gasteiger charge is -2.27. The van der Waals surface area contributed by atoms with Crippen LogP contribution in [0.4, 0.5) is 45.5 Å². The molecule has 37 heteroatoms. The van der Waals surface area contributed by atoms with Crippen LogP contribution in [0.3, 0.4) is 0 Å². The molecular weight excluding hydrogens is 1900 g/mol. The summed E-state index contributed by atoms with van der Waals surface area (Å²) in [4.78, 5) is 18.0. The van der Waals surface area contributed by atoms with Gasteiger partial charge in [0.1, 0.15) is 111 Å². The molecule has 14 heterocycles. The Morgan fingerprint density at radius 2 is 0.356 bits per heavy atom. The van der Waals surface area contributed by atoms with E-state index < -0.39 is 36.6 Å². The molecule has 792 valence electrons. The fourth-order valence-electron chi connectivity index (χ4n) is 16.7. The lowest BCUT2D eigenvalue weighted by molar-refractivity contribution is 0.0626. The Morgan fingerprint density at radius 1 is 0.212 bits per heavy atom. The fourth-order valence-corrected chi connectivity index (χ4v) is 16.8. The lowest BCUT2D eigenvalue weighted by Crippen LogP contribution is -2.36. The van der Waals surface area contributed by atoms with Gasteiger partial charge in [0.25, 0.3) is 0 Å². The summed E-state index contributed by atoms with van der Waals surface area (Å²) < 4.78 is 122. The number of hydrogen-bond acceptors (Lipinski definition) is 36. The maximum absolute atomic E-state index is 11.0. The normalized spacial score (nSPS) is 24.6. The molecule has 0 saturated carbocycles. The van der Waals surface area contributed by atoms with E-state index in [1.807, 2.05) is 182 Å². The van der Waals surface area contributed by atoms with Crippen molar-refractivity contribution < 1.29 is 135 Å². The Morgan fingerprint density at radius 3 is 0.514 bits per heavy atom. The van der Waals surface area contributed by atoms with Crippen molar-refractivity contribution >= 4 is 57.1 Å². The second-order valence-electron chi connectivity index (χ2n) is 39.7. The minimum absolute atomic E-state index is 0.0954. The summed E-state index contributed by atoms with van der Waals surface area (Å²) >= 11 is 5.78. The molecule has 36 nitrogen and oxygen atoms in total. The number of epoxide rings is 14. The fraction of sp³-hybridized carbons (Fsp3) is 0.560. The first-order valence-corrected chi connectivity index (χ1v) is 52.1. The summed E-state index contributed by atoms with van der Waals surface area (Å²) in [6.45, 7) is 27.3. The Labute approximate surface area is 858 Å². The molecule has 14 aliphatic heterocycles. The Hall–Kier alpha value is -9.95. The van der Waals surface area contributed by atoms with E-state index in [2.05, 4.69) is 51.3 Å². The second kappa shape index (κ2) is 52.0. The van der Waals surface area contributed by atoms with Crippen molar-refractivity contribution in [1.29, 1.82) is 0 Å². The van der Waals surface area contributed by atoms with E-state index in [0.717, 1.165) is 228 Å². The van der Waals surface area contributed by atoms with E-state index in [0.29, 0.717) is 154 Å². The van der Waals surface area contributed by atoms with Gasteiger partial charge in [0, 0.05) is 157 Å². The molecule has 14 saturated heterocycles. The molecule has 0 spiro atoms. The number of aliphatic hydroxyl groups is 6. The average Bonchev–Trinajstić information content (AvgIpc) is 1.77.